The molecule has 1 aliphatic rings. The van der Waals surface area contributed by atoms with Gasteiger partial charge in [-0.1, -0.05) is 50.8 Å². The Bertz CT molecular complexity index is 784. The maximum Gasteiger partial charge on any atom is 0.309 e. The number of fused-ring (bicyclic) bond motifs is 3. The van der Waals surface area contributed by atoms with Crippen LogP contribution in [0, 0.1) is 5.92 Å². The van der Waals surface area contributed by atoms with Crippen LogP contribution in [0.25, 0.3) is 5.69 Å². The van der Waals surface area contributed by atoms with Gasteiger partial charge in [0.2, 0.25) is 0 Å². The second-order valence-corrected chi connectivity index (χ2v) is 8.05. The zero-order valence-corrected chi connectivity index (χ0v) is 17.7. The highest BCUT2D eigenvalue weighted by molar-refractivity contribution is 5.72. The topological polar surface area (TPSA) is 70.1 Å². The molecule has 5 heteroatoms. The number of carbonyl (C=O) groups excluding carboxylic acids is 1. The average molecular weight is 398 g/mol. The summed E-state index contributed by atoms with van der Waals surface area (Å²) in [6.45, 7) is 3.32. The third-order valence-electron chi connectivity index (χ3n) is 5.86. The Morgan fingerprint density at radius 1 is 1.17 bits per heavy atom. The lowest BCUT2D eigenvalue weighted by Gasteiger charge is -2.20. The molecular weight excluding hydrogens is 362 g/mol. The quantitative estimate of drug-likeness (QED) is 0.426. The number of nitrogens with two attached hydrogens (primary N) is 1. The van der Waals surface area contributed by atoms with Crippen LogP contribution in [-0.2, 0) is 28.8 Å². The minimum absolute atomic E-state index is 0.0908. The molecule has 2 aromatic rings. The number of imidazole rings is 1. The lowest BCUT2D eigenvalue weighted by Crippen LogP contribution is -2.23. The summed E-state index contributed by atoms with van der Waals surface area (Å²) in [5.41, 5.74) is 10.5. The van der Waals surface area contributed by atoms with Crippen molar-refractivity contribution in [3.05, 3.63) is 47.5 Å². The predicted molar refractivity (Wildman–Crippen MR) is 116 cm³/mol. The molecule has 0 unspecified atom stereocenters. The Labute approximate surface area is 174 Å². The molecule has 158 valence electrons. The van der Waals surface area contributed by atoms with Gasteiger partial charge < -0.3 is 15.0 Å². The monoisotopic (exact) mass is 397 g/mol. The van der Waals surface area contributed by atoms with Crippen LogP contribution < -0.4 is 5.73 Å². The molecule has 0 fully saturated rings. The number of esters is 1. The first-order valence-corrected chi connectivity index (χ1v) is 11.2. The molecule has 0 saturated carbocycles. The minimum Gasteiger partial charge on any atom is -0.465 e. The van der Waals surface area contributed by atoms with E-state index in [1.54, 1.807) is 0 Å². The number of ether oxygens (including phenoxy) is 1. The normalized spacial score (nSPS) is 13.6. The molecule has 0 aliphatic carbocycles. The van der Waals surface area contributed by atoms with Crippen molar-refractivity contribution in [3.63, 3.8) is 0 Å². The highest BCUT2D eigenvalue weighted by Gasteiger charge is 2.25. The van der Waals surface area contributed by atoms with Crippen molar-refractivity contribution in [1.82, 2.24) is 9.55 Å². The molecular formula is C24H35N3O2. The Morgan fingerprint density at radius 2 is 2.00 bits per heavy atom. The first-order chi connectivity index (χ1) is 14.2. The molecule has 3 rings (SSSR count). The molecule has 1 atom stereocenters. The van der Waals surface area contributed by atoms with E-state index >= 15 is 0 Å². The van der Waals surface area contributed by atoms with Crippen molar-refractivity contribution in [3.8, 4) is 5.69 Å². The Kier molecular flexibility index (Phi) is 8.29. The molecule has 1 aromatic carbocycles. The fourth-order valence-electron chi connectivity index (χ4n) is 4.16. The van der Waals surface area contributed by atoms with E-state index in [-0.39, 0.29) is 11.9 Å². The first-order valence-electron chi connectivity index (χ1n) is 11.2. The third-order valence-corrected chi connectivity index (χ3v) is 5.86. The van der Waals surface area contributed by atoms with Crippen molar-refractivity contribution in [2.45, 2.75) is 71.1 Å². The average Bonchev–Trinajstić information content (AvgIpc) is 3.16. The summed E-state index contributed by atoms with van der Waals surface area (Å²) in [5, 5.41) is 0. The number of aryl methyl sites for hydroxylation is 1. The lowest BCUT2D eigenvalue weighted by atomic mass is 9.94. The van der Waals surface area contributed by atoms with Crippen LogP contribution in [0.2, 0.25) is 0 Å². The van der Waals surface area contributed by atoms with Gasteiger partial charge in [-0.25, -0.2) is 4.98 Å². The number of aromatic nitrogens is 2. The van der Waals surface area contributed by atoms with Gasteiger partial charge in [0, 0.05) is 17.8 Å². The summed E-state index contributed by atoms with van der Waals surface area (Å²) in [6.07, 6.45) is 11.9. The highest BCUT2D eigenvalue weighted by Crippen LogP contribution is 2.28. The smallest absolute Gasteiger partial charge is 0.309 e. The number of hydrogen-bond donors (Lipinski definition) is 1. The van der Waals surface area contributed by atoms with Gasteiger partial charge in [-0.15, -0.1) is 0 Å². The van der Waals surface area contributed by atoms with Gasteiger partial charge in [0.25, 0.3) is 0 Å². The molecule has 2 N–H and O–H groups in total. The van der Waals surface area contributed by atoms with Crippen molar-refractivity contribution in [2.24, 2.45) is 11.7 Å². The maximum absolute atomic E-state index is 12.7. The second-order valence-electron chi connectivity index (χ2n) is 8.05. The molecule has 0 spiro atoms. The van der Waals surface area contributed by atoms with Crippen LogP contribution in [0.5, 0.6) is 0 Å². The number of benzene rings is 1. The SMILES string of the molecule is CCCCCCCOC(=O)[C@@H](CCCN)Cc1ncn2c1CCc1ccccc1-2. The highest BCUT2D eigenvalue weighted by atomic mass is 16.5. The van der Waals surface area contributed by atoms with Gasteiger partial charge in [-0.05, 0) is 50.3 Å². The van der Waals surface area contributed by atoms with Gasteiger partial charge >= 0.3 is 5.97 Å². The van der Waals surface area contributed by atoms with E-state index in [1.165, 1.54) is 36.2 Å². The number of unbranched alkanes of at least 4 members (excludes halogenated alkanes) is 4. The van der Waals surface area contributed by atoms with E-state index in [4.69, 9.17) is 10.5 Å². The standard InChI is InChI=1S/C24H35N3O2/c1-2-3-4-5-8-16-29-24(28)20(11-9-15-25)17-21-23-14-13-19-10-6-7-12-22(19)27(23)18-26-21/h6-7,10,12,18,20H,2-5,8-9,11,13-17,25H2,1H3/t20-/m0/s1. The molecule has 29 heavy (non-hydrogen) atoms. The molecule has 5 nitrogen and oxygen atoms in total. The van der Waals surface area contributed by atoms with E-state index < -0.39 is 0 Å². The molecule has 1 aliphatic heterocycles. The minimum atomic E-state index is -0.161. The Balaban J connectivity index is 1.62. The summed E-state index contributed by atoms with van der Waals surface area (Å²) < 4.78 is 7.80. The van der Waals surface area contributed by atoms with Gasteiger partial charge in [0.15, 0.2) is 0 Å². The van der Waals surface area contributed by atoms with E-state index in [2.05, 4.69) is 40.7 Å². The number of hydrogen-bond acceptors (Lipinski definition) is 4. The second kappa shape index (κ2) is 11.1. The van der Waals surface area contributed by atoms with Crippen LogP contribution in [0.15, 0.2) is 30.6 Å². The van der Waals surface area contributed by atoms with Crippen molar-refractivity contribution < 1.29 is 9.53 Å². The Morgan fingerprint density at radius 3 is 2.83 bits per heavy atom. The maximum atomic E-state index is 12.7. The largest absolute Gasteiger partial charge is 0.465 e. The lowest BCUT2D eigenvalue weighted by molar-refractivity contribution is -0.149. The van der Waals surface area contributed by atoms with Crippen molar-refractivity contribution >= 4 is 5.97 Å². The Hall–Kier alpha value is -2.14. The van der Waals surface area contributed by atoms with Crippen LogP contribution in [0.1, 0.15) is 68.8 Å². The predicted octanol–water partition coefficient (Wildman–Crippen LogP) is 4.38. The molecule has 2 heterocycles. The van der Waals surface area contributed by atoms with Crippen molar-refractivity contribution in [1.29, 1.82) is 0 Å². The first kappa shape index (κ1) is 21.6. The number of nitrogens with zero attached hydrogens (tertiary/aromatic N) is 2. The van der Waals surface area contributed by atoms with E-state index in [1.807, 2.05) is 6.33 Å². The third kappa shape index (κ3) is 5.69. The number of rotatable bonds is 12. The summed E-state index contributed by atoms with van der Waals surface area (Å²) in [5.74, 6) is -0.252. The van der Waals surface area contributed by atoms with Crippen molar-refractivity contribution in [2.75, 3.05) is 13.2 Å². The molecule has 1 aromatic heterocycles. The molecule has 0 radical (unpaired) electrons. The molecule has 0 bridgehead atoms. The fraction of sp³-hybridized carbons (Fsp3) is 0.583. The van der Waals surface area contributed by atoms with Gasteiger partial charge in [0.05, 0.1) is 24.5 Å². The van der Waals surface area contributed by atoms with Crippen LogP contribution in [-0.4, -0.2) is 28.7 Å². The number of carbonyl (C=O) groups is 1. The van der Waals surface area contributed by atoms with E-state index in [9.17, 15) is 4.79 Å². The van der Waals surface area contributed by atoms with Crippen LogP contribution in [0.4, 0.5) is 0 Å². The van der Waals surface area contributed by atoms with Gasteiger partial charge in [-0.3, -0.25) is 4.79 Å². The molecule has 0 saturated heterocycles. The molecule has 0 amide bonds. The summed E-state index contributed by atoms with van der Waals surface area (Å²) in [6, 6.07) is 8.47. The summed E-state index contributed by atoms with van der Waals surface area (Å²) in [7, 11) is 0. The summed E-state index contributed by atoms with van der Waals surface area (Å²) in [4.78, 5) is 17.4. The van der Waals surface area contributed by atoms with Gasteiger partial charge in [0.1, 0.15) is 0 Å². The fourth-order valence-corrected chi connectivity index (χ4v) is 4.16. The zero-order chi connectivity index (χ0) is 20.5. The summed E-state index contributed by atoms with van der Waals surface area (Å²) >= 11 is 0. The number of para-hydroxylation sites is 1. The van der Waals surface area contributed by atoms with Gasteiger partial charge in [-0.2, -0.15) is 0 Å². The van der Waals surface area contributed by atoms with Crippen LogP contribution >= 0.6 is 0 Å². The van der Waals surface area contributed by atoms with E-state index in [0.717, 1.165) is 44.2 Å². The van der Waals surface area contributed by atoms with Crippen LogP contribution in [0.3, 0.4) is 0 Å². The van der Waals surface area contributed by atoms with E-state index in [0.29, 0.717) is 19.6 Å². The zero-order valence-electron chi connectivity index (χ0n) is 17.7.